The number of hydrogen-bond acceptors (Lipinski definition) is 6. The number of pyridine rings is 1. The van der Waals surface area contributed by atoms with Crippen LogP contribution in [-0.2, 0) is 9.53 Å². The van der Waals surface area contributed by atoms with Crippen LogP contribution in [0.3, 0.4) is 0 Å². The standard InChI is InChI=1S/C32H35ClFN3O4/c1-20-27(19-24-18-25(33)4-7-28(24)36-20)30(39)41-32(31(35)40)13-8-21(9-14-32)10-15-37-16-11-23(12-17-37)29(38)22-2-5-26(34)6-3-22/h2-7,18-19,21,23H,8-17H2,1H3,(H2,35,40). The highest BCUT2D eigenvalue weighted by atomic mass is 35.5. The Kier molecular flexibility index (Phi) is 8.71. The summed E-state index contributed by atoms with van der Waals surface area (Å²) in [6.07, 6.45) is 4.79. The van der Waals surface area contributed by atoms with E-state index < -0.39 is 17.5 Å². The molecule has 5 rings (SSSR count). The number of Topliss-reactive ketones (excluding diaryl/α,β-unsaturated/α-hetero) is 1. The molecule has 2 fully saturated rings. The minimum absolute atomic E-state index is 0.0318. The zero-order valence-electron chi connectivity index (χ0n) is 23.2. The van der Waals surface area contributed by atoms with Gasteiger partial charge < -0.3 is 15.4 Å². The van der Waals surface area contributed by atoms with Gasteiger partial charge in [-0.15, -0.1) is 0 Å². The lowest BCUT2D eigenvalue weighted by Crippen LogP contribution is -2.50. The second-order valence-electron chi connectivity index (χ2n) is 11.4. The Morgan fingerprint density at radius 3 is 2.39 bits per heavy atom. The Hall–Kier alpha value is -3.36. The number of ether oxygens (including phenoxy) is 1. The number of piperidine rings is 1. The lowest BCUT2D eigenvalue weighted by molar-refractivity contribution is -0.142. The van der Waals surface area contributed by atoms with Gasteiger partial charge in [-0.05, 0) is 126 Å². The van der Waals surface area contributed by atoms with Crippen molar-refractivity contribution in [1.82, 2.24) is 9.88 Å². The summed E-state index contributed by atoms with van der Waals surface area (Å²) in [6.45, 7) is 4.34. The average molecular weight is 580 g/mol. The number of primary amides is 1. The van der Waals surface area contributed by atoms with Crippen LogP contribution in [0.15, 0.2) is 48.5 Å². The van der Waals surface area contributed by atoms with Crippen LogP contribution in [0.1, 0.15) is 71.4 Å². The molecule has 2 aliphatic rings. The smallest absolute Gasteiger partial charge is 0.341 e. The SMILES string of the molecule is Cc1nc2ccc(Cl)cc2cc1C(=O)OC1(C(N)=O)CCC(CCN2CCC(C(=O)c3ccc(F)cc3)CC2)CC1. The van der Waals surface area contributed by atoms with Crippen molar-refractivity contribution in [3.05, 3.63) is 76.2 Å². The normalized spacial score (nSPS) is 22.0. The van der Waals surface area contributed by atoms with Crippen molar-refractivity contribution >= 4 is 40.2 Å². The number of halogens is 2. The predicted molar refractivity (Wildman–Crippen MR) is 155 cm³/mol. The molecule has 0 spiro atoms. The Labute approximate surface area is 244 Å². The molecule has 9 heteroatoms. The fourth-order valence-electron chi connectivity index (χ4n) is 6.15. The van der Waals surface area contributed by atoms with Crippen LogP contribution in [0.4, 0.5) is 4.39 Å². The van der Waals surface area contributed by atoms with Crippen LogP contribution < -0.4 is 5.73 Å². The van der Waals surface area contributed by atoms with Crippen LogP contribution in [0, 0.1) is 24.6 Å². The zero-order valence-corrected chi connectivity index (χ0v) is 24.0. The number of esters is 1. The van der Waals surface area contributed by atoms with Crippen molar-refractivity contribution in [3.8, 4) is 0 Å². The molecule has 1 saturated heterocycles. The van der Waals surface area contributed by atoms with Gasteiger partial charge in [0.05, 0.1) is 16.8 Å². The van der Waals surface area contributed by atoms with Crippen LogP contribution in [0.5, 0.6) is 0 Å². The maximum atomic E-state index is 13.2. The number of nitrogens with zero attached hydrogens (tertiary/aromatic N) is 2. The van der Waals surface area contributed by atoms with Gasteiger partial charge in [0.25, 0.3) is 5.91 Å². The van der Waals surface area contributed by atoms with Crippen molar-refractivity contribution < 1.29 is 23.5 Å². The number of aryl methyl sites for hydroxylation is 1. The molecule has 1 aromatic heterocycles. The maximum absolute atomic E-state index is 13.2. The van der Waals surface area contributed by atoms with Crippen LogP contribution in [0.2, 0.25) is 5.02 Å². The average Bonchev–Trinajstić information content (AvgIpc) is 2.97. The van der Waals surface area contributed by atoms with E-state index in [0.29, 0.717) is 40.6 Å². The summed E-state index contributed by atoms with van der Waals surface area (Å²) in [4.78, 5) is 45.4. The largest absolute Gasteiger partial charge is 0.445 e. The first-order valence-corrected chi connectivity index (χ1v) is 14.6. The van der Waals surface area contributed by atoms with Gasteiger partial charge >= 0.3 is 5.97 Å². The molecule has 1 saturated carbocycles. The lowest BCUT2D eigenvalue weighted by Gasteiger charge is -2.38. The highest BCUT2D eigenvalue weighted by molar-refractivity contribution is 6.31. The number of nitrogens with two attached hydrogens (primary N) is 1. The van der Waals surface area contributed by atoms with E-state index in [9.17, 15) is 18.8 Å². The number of carbonyl (C=O) groups is 3. The van der Waals surface area contributed by atoms with Gasteiger partial charge in [-0.25, -0.2) is 9.18 Å². The monoisotopic (exact) mass is 579 g/mol. The second kappa shape index (κ2) is 12.2. The number of ketones is 1. The van der Waals surface area contributed by atoms with Crippen molar-refractivity contribution in [2.75, 3.05) is 19.6 Å². The minimum atomic E-state index is -1.33. The molecule has 0 unspecified atom stereocenters. The van der Waals surface area contributed by atoms with Gasteiger partial charge in [-0.1, -0.05) is 11.6 Å². The van der Waals surface area contributed by atoms with Gasteiger partial charge in [0, 0.05) is 21.9 Å². The van der Waals surface area contributed by atoms with Crippen molar-refractivity contribution in [2.45, 2.75) is 57.5 Å². The van der Waals surface area contributed by atoms with Crippen LogP contribution in [0.25, 0.3) is 10.9 Å². The zero-order chi connectivity index (χ0) is 29.1. The molecule has 2 heterocycles. The highest BCUT2D eigenvalue weighted by Gasteiger charge is 2.44. The Balaban J connectivity index is 1.12. The van der Waals surface area contributed by atoms with Crippen LogP contribution in [-0.4, -0.2) is 52.8 Å². The molecule has 0 radical (unpaired) electrons. The molecule has 2 aromatic carbocycles. The second-order valence-corrected chi connectivity index (χ2v) is 11.9. The summed E-state index contributed by atoms with van der Waals surface area (Å²) >= 11 is 6.11. The van der Waals surface area contributed by atoms with Crippen molar-refractivity contribution in [1.29, 1.82) is 0 Å². The predicted octanol–water partition coefficient (Wildman–Crippen LogP) is 5.89. The molecule has 0 bridgehead atoms. The number of hydrogen-bond donors (Lipinski definition) is 1. The third-order valence-electron chi connectivity index (χ3n) is 8.78. The molecular formula is C32H35ClFN3O4. The molecule has 1 aliphatic heterocycles. The number of likely N-dealkylation sites (tertiary alicyclic amines) is 1. The summed E-state index contributed by atoms with van der Waals surface area (Å²) in [5.41, 5.74) is 6.57. The Morgan fingerprint density at radius 1 is 1.05 bits per heavy atom. The van der Waals surface area contributed by atoms with Gasteiger partial charge in [0.1, 0.15) is 5.82 Å². The Bertz CT molecular complexity index is 1450. The Morgan fingerprint density at radius 2 is 1.73 bits per heavy atom. The molecule has 7 nitrogen and oxygen atoms in total. The van der Waals surface area contributed by atoms with E-state index in [4.69, 9.17) is 22.1 Å². The van der Waals surface area contributed by atoms with Gasteiger partial charge in [-0.3, -0.25) is 14.6 Å². The first kappa shape index (κ1) is 29.1. The fourth-order valence-corrected chi connectivity index (χ4v) is 6.33. The molecule has 1 aliphatic carbocycles. The number of benzene rings is 2. The van der Waals surface area contributed by atoms with Gasteiger partial charge in [-0.2, -0.15) is 0 Å². The molecule has 216 valence electrons. The topological polar surface area (TPSA) is 103 Å². The number of amides is 1. The first-order chi connectivity index (χ1) is 19.6. The van der Waals surface area contributed by atoms with E-state index in [-0.39, 0.29) is 17.5 Å². The maximum Gasteiger partial charge on any atom is 0.341 e. The first-order valence-electron chi connectivity index (χ1n) is 14.3. The fraction of sp³-hybridized carbons (Fsp3) is 0.438. The van der Waals surface area contributed by atoms with E-state index in [1.165, 1.54) is 12.1 Å². The molecule has 41 heavy (non-hydrogen) atoms. The number of aromatic nitrogens is 1. The van der Waals surface area contributed by atoms with E-state index in [2.05, 4.69) is 9.88 Å². The van der Waals surface area contributed by atoms with Crippen molar-refractivity contribution in [2.24, 2.45) is 17.6 Å². The third kappa shape index (κ3) is 6.60. The lowest BCUT2D eigenvalue weighted by atomic mass is 9.76. The summed E-state index contributed by atoms with van der Waals surface area (Å²) in [6, 6.07) is 12.8. The van der Waals surface area contributed by atoms with Gasteiger partial charge in [0.2, 0.25) is 0 Å². The molecule has 1 amide bonds. The molecular weight excluding hydrogens is 545 g/mol. The number of fused-ring (bicyclic) bond motifs is 1. The van der Waals surface area contributed by atoms with E-state index in [1.54, 1.807) is 43.3 Å². The summed E-state index contributed by atoms with van der Waals surface area (Å²) in [5, 5.41) is 1.26. The van der Waals surface area contributed by atoms with Crippen molar-refractivity contribution in [3.63, 3.8) is 0 Å². The van der Waals surface area contributed by atoms with Gasteiger partial charge in [0.15, 0.2) is 11.4 Å². The molecule has 3 aromatic rings. The van der Waals surface area contributed by atoms with Crippen LogP contribution >= 0.6 is 11.6 Å². The molecule has 0 atom stereocenters. The number of rotatable bonds is 8. The number of carbonyl (C=O) groups excluding carboxylic acids is 3. The third-order valence-corrected chi connectivity index (χ3v) is 9.01. The van der Waals surface area contributed by atoms with E-state index in [0.717, 1.165) is 62.6 Å². The quantitative estimate of drug-likeness (QED) is 0.264. The summed E-state index contributed by atoms with van der Waals surface area (Å²) in [7, 11) is 0. The van der Waals surface area contributed by atoms with E-state index >= 15 is 0 Å². The van der Waals surface area contributed by atoms with E-state index in [1.807, 2.05) is 0 Å². The summed E-state index contributed by atoms with van der Waals surface area (Å²) in [5.74, 6) is -1.11. The minimum Gasteiger partial charge on any atom is -0.445 e. The summed E-state index contributed by atoms with van der Waals surface area (Å²) < 4.78 is 19.1. The highest BCUT2D eigenvalue weighted by Crippen LogP contribution is 2.38. The molecule has 2 N–H and O–H groups in total.